The molecule has 4 aliphatic carbocycles. The Morgan fingerprint density at radius 1 is 1.19 bits per heavy atom. The second kappa shape index (κ2) is 5.82. The van der Waals surface area contributed by atoms with Crippen LogP contribution in [0.2, 0.25) is 0 Å². The quantitative estimate of drug-likeness (QED) is 0.569. The molecule has 5 nitrogen and oxygen atoms in total. The van der Waals surface area contributed by atoms with Crippen molar-refractivity contribution in [3.05, 3.63) is 11.6 Å². The van der Waals surface area contributed by atoms with Crippen LogP contribution in [0.25, 0.3) is 0 Å². The highest BCUT2D eigenvalue weighted by Gasteiger charge is 2.68. The third-order valence-electron chi connectivity index (χ3n) is 8.88. The number of hydrogen-bond donors (Lipinski definition) is 2. The lowest BCUT2D eigenvalue weighted by atomic mass is 9.40. The second-order valence-corrected chi connectivity index (χ2v) is 10.1. The molecule has 150 valence electrons. The van der Waals surface area contributed by atoms with Crippen LogP contribution in [0.4, 0.5) is 0 Å². The Morgan fingerprint density at radius 2 is 1.89 bits per heavy atom. The van der Waals surface area contributed by atoms with E-state index in [1.54, 1.807) is 0 Å². The fourth-order valence-electron chi connectivity index (χ4n) is 7.66. The Bertz CT molecular complexity index is 713. The van der Waals surface area contributed by atoms with Crippen LogP contribution in [0, 0.1) is 34.0 Å². The zero-order valence-corrected chi connectivity index (χ0v) is 16.8. The number of carbonyl (C=O) groups is 2. The van der Waals surface area contributed by atoms with Crippen LogP contribution in [0.3, 0.4) is 0 Å². The number of ether oxygens (including phenoxy) is 1. The summed E-state index contributed by atoms with van der Waals surface area (Å²) in [6, 6.07) is 0. The van der Waals surface area contributed by atoms with E-state index < -0.39 is 17.5 Å². The maximum Gasteiger partial charge on any atom is 0.309 e. The van der Waals surface area contributed by atoms with E-state index in [1.165, 1.54) is 12.5 Å². The number of aliphatic carboxylic acids is 1. The summed E-state index contributed by atoms with van der Waals surface area (Å²) in [5.41, 5.74) is -0.0647. The number of carboxylic acid groups (broad SMARTS) is 1. The molecule has 4 rings (SSSR count). The van der Waals surface area contributed by atoms with Crippen molar-refractivity contribution in [3.63, 3.8) is 0 Å². The molecule has 0 unspecified atom stereocenters. The molecule has 27 heavy (non-hydrogen) atoms. The average Bonchev–Trinajstić information content (AvgIpc) is 2.86. The minimum atomic E-state index is -0.805. The molecule has 0 saturated heterocycles. The van der Waals surface area contributed by atoms with E-state index in [9.17, 15) is 19.8 Å². The van der Waals surface area contributed by atoms with Crippen LogP contribution in [0.15, 0.2) is 11.6 Å². The molecule has 0 aliphatic heterocycles. The third-order valence-corrected chi connectivity index (χ3v) is 8.88. The molecule has 4 aliphatic rings. The average molecular weight is 376 g/mol. The van der Waals surface area contributed by atoms with Crippen LogP contribution >= 0.6 is 0 Å². The first-order chi connectivity index (χ1) is 12.5. The topological polar surface area (TPSA) is 83.8 Å². The molecule has 0 radical (unpaired) electrons. The smallest absolute Gasteiger partial charge is 0.309 e. The Kier molecular flexibility index (Phi) is 4.09. The number of aliphatic hydroxyl groups is 1. The lowest BCUT2D eigenvalue weighted by Gasteiger charge is -2.65. The molecule has 5 heteroatoms. The van der Waals surface area contributed by atoms with Gasteiger partial charge in [0.05, 0.1) is 11.5 Å². The summed E-state index contributed by atoms with van der Waals surface area (Å²) in [7, 11) is 0. The van der Waals surface area contributed by atoms with E-state index in [4.69, 9.17) is 4.74 Å². The van der Waals surface area contributed by atoms with Gasteiger partial charge in [0.2, 0.25) is 0 Å². The molecular formula is C22H32O5. The van der Waals surface area contributed by atoms with Gasteiger partial charge in [-0.3, -0.25) is 9.59 Å². The van der Waals surface area contributed by atoms with E-state index in [2.05, 4.69) is 19.9 Å². The number of carbonyl (C=O) groups excluding carboxylic acids is 1. The van der Waals surface area contributed by atoms with Crippen molar-refractivity contribution in [3.8, 4) is 0 Å². The van der Waals surface area contributed by atoms with Gasteiger partial charge in [-0.05, 0) is 63.2 Å². The van der Waals surface area contributed by atoms with E-state index >= 15 is 0 Å². The van der Waals surface area contributed by atoms with Crippen LogP contribution in [-0.2, 0) is 14.3 Å². The van der Waals surface area contributed by atoms with Crippen molar-refractivity contribution >= 4 is 11.9 Å². The van der Waals surface area contributed by atoms with E-state index in [0.29, 0.717) is 12.8 Å². The Labute approximate surface area is 161 Å². The van der Waals surface area contributed by atoms with Gasteiger partial charge in [0, 0.05) is 18.3 Å². The first-order valence-electron chi connectivity index (χ1n) is 10.3. The summed E-state index contributed by atoms with van der Waals surface area (Å²) >= 11 is 0. The molecule has 3 fully saturated rings. The number of esters is 1. The number of rotatable bonds is 2. The summed E-state index contributed by atoms with van der Waals surface area (Å²) in [6.07, 6.45) is 6.17. The molecule has 1 spiro atoms. The highest BCUT2D eigenvalue weighted by atomic mass is 16.5. The highest BCUT2D eigenvalue weighted by molar-refractivity contribution is 5.75. The van der Waals surface area contributed by atoms with Gasteiger partial charge >= 0.3 is 11.9 Å². The highest BCUT2D eigenvalue weighted by Crippen LogP contribution is 2.70. The predicted octanol–water partition coefficient (Wildman–Crippen LogP) is 3.55. The maximum atomic E-state index is 12.2. The standard InChI is InChI=1S/C22H32O5/c1-12-10-22-11-14(12)15(27-13(2)23)8-17(22)20(3)6-5-7-21(4,19(25)26)16(20)9-18(22)24/h10,14-18,24H,5-9,11H2,1-4H3,(H,25,26)/t14-,15+,16+,17+,18-,20-,21-,22+/m1/s1. The molecule has 0 aromatic heterocycles. The molecule has 0 heterocycles. The molecule has 0 aromatic carbocycles. The number of fused-ring (bicyclic) bond motifs is 3. The number of carboxylic acids is 1. The predicted molar refractivity (Wildman–Crippen MR) is 99.8 cm³/mol. The van der Waals surface area contributed by atoms with E-state index in [0.717, 1.165) is 25.7 Å². The van der Waals surface area contributed by atoms with Crippen LogP contribution < -0.4 is 0 Å². The summed E-state index contributed by atoms with van der Waals surface area (Å²) < 4.78 is 5.72. The number of hydrogen-bond acceptors (Lipinski definition) is 4. The lowest BCUT2D eigenvalue weighted by Crippen LogP contribution is -2.64. The van der Waals surface area contributed by atoms with Gasteiger partial charge in [-0.1, -0.05) is 25.0 Å². The van der Waals surface area contributed by atoms with Crippen molar-refractivity contribution < 1.29 is 24.5 Å². The molecule has 0 aromatic rings. The minimum Gasteiger partial charge on any atom is -0.481 e. The van der Waals surface area contributed by atoms with Crippen LogP contribution in [0.1, 0.15) is 66.2 Å². The molecule has 8 atom stereocenters. The maximum absolute atomic E-state index is 12.2. The minimum absolute atomic E-state index is 0.0642. The third kappa shape index (κ3) is 2.39. The zero-order chi connectivity index (χ0) is 19.8. The molecule has 0 amide bonds. The van der Waals surface area contributed by atoms with Crippen LogP contribution in [0.5, 0.6) is 0 Å². The van der Waals surface area contributed by atoms with Crippen molar-refractivity contribution in [2.75, 3.05) is 0 Å². The second-order valence-electron chi connectivity index (χ2n) is 10.1. The Hall–Kier alpha value is -1.36. The summed E-state index contributed by atoms with van der Waals surface area (Å²) in [6.45, 7) is 7.65. The fraction of sp³-hybridized carbons (Fsp3) is 0.818. The Balaban J connectivity index is 1.80. The van der Waals surface area contributed by atoms with Crippen LogP contribution in [-0.4, -0.2) is 34.4 Å². The monoisotopic (exact) mass is 376 g/mol. The Morgan fingerprint density at radius 3 is 2.52 bits per heavy atom. The first kappa shape index (κ1) is 19.0. The van der Waals surface area contributed by atoms with Gasteiger partial charge in [0.15, 0.2) is 0 Å². The van der Waals surface area contributed by atoms with E-state index in [-0.39, 0.29) is 40.7 Å². The molecule has 3 saturated carbocycles. The van der Waals surface area contributed by atoms with Gasteiger partial charge in [0.25, 0.3) is 0 Å². The SMILES string of the molecule is CC(=O)O[C@H]1C[C@H]2[C@]3(C)CCC[C@@](C)(C(=O)O)[C@H]3C[C@@H](O)[C@]23C=C(C)[C@H]1C3. The fourth-order valence-corrected chi connectivity index (χ4v) is 7.66. The lowest BCUT2D eigenvalue weighted by molar-refractivity contribution is -0.211. The molecule has 2 bridgehead atoms. The van der Waals surface area contributed by atoms with Gasteiger partial charge in [-0.15, -0.1) is 0 Å². The van der Waals surface area contributed by atoms with Crippen molar-refractivity contribution in [2.24, 2.45) is 34.0 Å². The van der Waals surface area contributed by atoms with Gasteiger partial charge in [-0.2, -0.15) is 0 Å². The summed E-state index contributed by atoms with van der Waals surface area (Å²) in [5.74, 6) is -0.759. The zero-order valence-electron chi connectivity index (χ0n) is 16.8. The summed E-state index contributed by atoms with van der Waals surface area (Å²) in [4.78, 5) is 23.9. The van der Waals surface area contributed by atoms with Gasteiger partial charge in [0.1, 0.15) is 6.10 Å². The summed E-state index contributed by atoms with van der Waals surface area (Å²) in [5, 5.41) is 21.3. The largest absolute Gasteiger partial charge is 0.481 e. The van der Waals surface area contributed by atoms with E-state index in [1.807, 2.05) is 6.92 Å². The molecule has 2 N–H and O–H groups in total. The van der Waals surface area contributed by atoms with Crippen molar-refractivity contribution in [2.45, 2.75) is 78.4 Å². The molecular weight excluding hydrogens is 344 g/mol. The van der Waals surface area contributed by atoms with Crippen molar-refractivity contribution in [1.82, 2.24) is 0 Å². The normalized spacial score (nSPS) is 51.0. The van der Waals surface area contributed by atoms with Gasteiger partial charge in [-0.25, -0.2) is 0 Å². The van der Waals surface area contributed by atoms with Gasteiger partial charge < -0.3 is 14.9 Å². The number of aliphatic hydroxyl groups excluding tert-OH is 1. The van der Waals surface area contributed by atoms with Crippen molar-refractivity contribution in [1.29, 1.82) is 0 Å². The first-order valence-corrected chi connectivity index (χ1v) is 10.3.